The van der Waals surface area contributed by atoms with Gasteiger partial charge in [-0.2, -0.15) is 4.98 Å². The van der Waals surface area contributed by atoms with Crippen LogP contribution in [0, 0.1) is 5.82 Å². The van der Waals surface area contributed by atoms with E-state index in [0.717, 1.165) is 5.56 Å². The average molecular weight is 300 g/mol. The SMILES string of the molecule is CC(O)(CCNc1nc2cc(F)ccc2o1)c1ccccc1. The van der Waals surface area contributed by atoms with E-state index < -0.39 is 5.60 Å². The van der Waals surface area contributed by atoms with Crippen LogP contribution < -0.4 is 5.32 Å². The van der Waals surface area contributed by atoms with Gasteiger partial charge in [-0.15, -0.1) is 0 Å². The molecule has 3 rings (SSSR count). The van der Waals surface area contributed by atoms with E-state index in [2.05, 4.69) is 10.3 Å². The molecule has 0 aliphatic carbocycles. The van der Waals surface area contributed by atoms with E-state index >= 15 is 0 Å². The number of aromatic nitrogens is 1. The Morgan fingerprint density at radius 2 is 2.00 bits per heavy atom. The summed E-state index contributed by atoms with van der Waals surface area (Å²) in [4.78, 5) is 4.17. The summed E-state index contributed by atoms with van der Waals surface area (Å²) in [6.07, 6.45) is 0.490. The van der Waals surface area contributed by atoms with E-state index in [1.54, 1.807) is 13.0 Å². The van der Waals surface area contributed by atoms with E-state index in [9.17, 15) is 9.50 Å². The van der Waals surface area contributed by atoms with Gasteiger partial charge in [-0.05, 0) is 31.0 Å². The number of rotatable bonds is 5. The normalized spacial score (nSPS) is 14.0. The van der Waals surface area contributed by atoms with Crippen LogP contribution in [0.4, 0.5) is 10.4 Å². The Labute approximate surface area is 127 Å². The first kappa shape index (κ1) is 14.5. The van der Waals surface area contributed by atoms with Gasteiger partial charge in [0.15, 0.2) is 5.58 Å². The molecule has 0 spiro atoms. The molecule has 114 valence electrons. The molecule has 1 aromatic heterocycles. The molecule has 0 amide bonds. The molecular weight excluding hydrogens is 283 g/mol. The van der Waals surface area contributed by atoms with Crippen LogP contribution in [-0.4, -0.2) is 16.6 Å². The molecule has 4 nitrogen and oxygen atoms in total. The zero-order chi connectivity index (χ0) is 15.6. The zero-order valence-corrected chi connectivity index (χ0v) is 12.2. The molecule has 22 heavy (non-hydrogen) atoms. The van der Waals surface area contributed by atoms with Crippen molar-refractivity contribution < 1.29 is 13.9 Å². The Morgan fingerprint density at radius 3 is 2.77 bits per heavy atom. The van der Waals surface area contributed by atoms with Crippen LogP contribution in [0.3, 0.4) is 0 Å². The number of anilines is 1. The van der Waals surface area contributed by atoms with Crippen LogP contribution in [0.1, 0.15) is 18.9 Å². The third-order valence-corrected chi connectivity index (χ3v) is 3.63. The summed E-state index contributed by atoms with van der Waals surface area (Å²) in [5.41, 5.74) is 0.916. The summed E-state index contributed by atoms with van der Waals surface area (Å²) in [6.45, 7) is 2.25. The smallest absolute Gasteiger partial charge is 0.295 e. The van der Waals surface area contributed by atoms with Crippen LogP contribution in [0.2, 0.25) is 0 Å². The van der Waals surface area contributed by atoms with Crippen molar-refractivity contribution in [2.75, 3.05) is 11.9 Å². The van der Waals surface area contributed by atoms with Gasteiger partial charge in [0, 0.05) is 12.6 Å². The van der Waals surface area contributed by atoms with Gasteiger partial charge in [0.2, 0.25) is 0 Å². The number of hydrogen-bond acceptors (Lipinski definition) is 4. The number of halogens is 1. The topological polar surface area (TPSA) is 58.3 Å². The molecule has 1 heterocycles. The highest BCUT2D eigenvalue weighted by Crippen LogP contribution is 2.25. The van der Waals surface area contributed by atoms with Crippen molar-refractivity contribution >= 4 is 17.1 Å². The maximum absolute atomic E-state index is 13.1. The Balaban J connectivity index is 1.64. The highest BCUT2D eigenvalue weighted by Gasteiger charge is 2.22. The van der Waals surface area contributed by atoms with Crippen molar-refractivity contribution in [2.45, 2.75) is 18.9 Å². The molecule has 0 aliphatic rings. The molecule has 2 aromatic carbocycles. The summed E-state index contributed by atoms with van der Waals surface area (Å²) in [5.74, 6) is -0.348. The van der Waals surface area contributed by atoms with Crippen LogP contribution in [0.25, 0.3) is 11.1 Å². The monoisotopic (exact) mass is 300 g/mol. The van der Waals surface area contributed by atoms with Crippen LogP contribution in [-0.2, 0) is 5.60 Å². The lowest BCUT2D eigenvalue weighted by Crippen LogP contribution is -2.24. The van der Waals surface area contributed by atoms with Gasteiger partial charge < -0.3 is 14.8 Å². The second kappa shape index (κ2) is 5.77. The molecule has 3 aromatic rings. The number of hydrogen-bond donors (Lipinski definition) is 2. The minimum Gasteiger partial charge on any atom is -0.424 e. The lowest BCUT2D eigenvalue weighted by Gasteiger charge is -2.23. The second-order valence-electron chi connectivity index (χ2n) is 5.45. The maximum atomic E-state index is 13.1. The lowest BCUT2D eigenvalue weighted by molar-refractivity contribution is 0.0514. The van der Waals surface area contributed by atoms with E-state index in [1.165, 1.54) is 12.1 Å². The predicted molar refractivity (Wildman–Crippen MR) is 83.1 cm³/mol. The molecule has 5 heteroatoms. The van der Waals surface area contributed by atoms with Gasteiger partial charge in [-0.1, -0.05) is 30.3 Å². The molecule has 2 N–H and O–H groups in total. The molecule has 0 fully saturated rings. The van der Waals surface area contributed by atoms with Gasteiger partial charge in [0.05, 0.1) is 5.60 Å². The first-order valence-electron chi connectivity index (χ1n) is 7.12. The largest absolute Gasteiger partial charge is 0.424 e. The third-order valence-electron chi connectivity index (χ3n) is 3.63. The Bertz CT molecular complexity index is 769. The van der Waals surface area contributed by atoms with Gasteiger partial charge in [-0.25, -0.2) is 4.39 Å². The molecule has 0 bridgehead atoms. The van der Waals surface area contributed by atoms with Crippen molar-refractivity contribution in [3.8, 4) is 0 Å². The summed E-state index contributed by atoms with van der Waals surface area (Å²) in [5, 5.41) is 13.5. The van der Waals surface area contributed by atoms with E-state index in [4.69, 9.17) is 4.42 Å². The number of benzene rings is 2. The number of nitrogens with one attached hydrogen (secondary N) is 1. The van der Waals surface area contributed by atoms with Gasteiger partial charge in [0.25, 0.3) is 6.01 Å². The standard InChI is InChI=1S/C17H17FN2O2/c1-17(21,12-5-3-2-4-6-12)9-10-19-16-20-14-11-13(18)7-8-15(14)22-16/h2-8,11,21H,9-10H2,1H3,(H,19,20). The summed E-state index contributed by atoms with van der Waals surface area (Å²) < 4.78 is 18.6. The average Bonchev–Trinajstić information content (AvgIpc) is 2.89. The predicted octanol–water partition coefficient (Wildman–Crippen LogP) is 3.68. The van der Waals surface area contributed by atoms with Crippen molar-refractivity contribution in [1.82, 2.24) is 4.98 Å². The van der Waals surface area contributed by atoms with Crippen molar-refractivity contribution in [1.29, 1.82) is 0 Å². The Hall–Kier alpha value is -2.40. The zero-order valence-electron chi connectivity index (χ0n) is 12.2. The van der Waals surface area contributed by atoms with Crippen LogP contribution in [0.5, 0.6) is 0 Å². The number of nitrogens with zero attached hydrogens (tertiary/aromatic N) is 1. The molecule has 0 aliphatic heterocycles. The molecule has 0 saturated carbocycles. The summed E-state index contributed by atoms with van der Waals surface area (Å²) in [7, 11) is 0. The van der Waals surface area contributed by atoms with Crippen molar-refractivity contribution in [3.05, 3.63) is 59.9 Å². The van der Waals surface area contributed by atoms with Gasteiger partial charge >= 0.3 is 0 Å². The highest BCUT2D eigenvalue weighted by atomic mass is 19.1. The first-order valence-corrected chi connectivity index (χ1v) is 7.12. The number of fused-ring (bicyclic) bond motifs is 1. The quantitative estimate of drug-likeness (QED) is 0.754. The maximum Gasteiger partial charge on any atom is 0.295 e. The number of aliphatic hydroxyl groups is 1. The second-order valence-corrected chi connectivity index (χ2v) is 5.45. The van der Waals surface area contributed by atoms with E-state index in [-0.39, 0.29) is 5.82 Å². The molecule has 1 atom stereocenters. The minimum atomic E-state index is -0.938. The fraction of sp³-hybridized carbons (Fsp3) is 0.235. The van der Waals surface area contributed by atoms with Gasteiger partial charge in [0.1, 0.15) is 11.3 Å². The summed E-state index contributed by atoms with van der Waals surface area (Å²) in [6, 6.07) is 14.0. The Kier molecular flexibility index (Phi) is 3.81. The third kappa shape index (κ3) is 3.09. The molecular formula is C17H17FN2O2. The highest BCUT2D eigenvalue weighted by molar-refractivity contribution is 5.74. The number of oxazole rings is 1. The minimum absolute atomic E-state index is 0.324. The van der Waals surface area contributed by atoms with Crippen molar-refractivity contribution in [3.63, 3.8) is 0 Å². The fourth-order valence-corrected chi connectivity index (χ4v) is 2.33. The fourth-order valence-electron chi connectivity index (χ4n) is 2.33. The lowest BCUT2D eigenvalue weighted by atomic mass is 9.93. The Morgan fingerprint density at radius 1 is 1.23 bits per heavy atom. The first-order chi connectivity index (χ1) is 10.5. The van der Waals surface area contributed by atoms with Gasteiger partial charge in [-0.3, -0.25) is 0 Å². The summed E-state index contributed by atoms with van der Waals surface area (Å²) >= 11 is 0. The van der Waals surface area contributed by atoms with Crippen LogP contribution >= 0.6 is 0 Å². The van der Waals surface area contributed by atoms with Crippen molar-refractivity contribution in [2.24, 2.45) is 0 Å². The van der Waals surface area contributed by atoms with E-state index in [1.807, 2.05) is 30.3 Å². The van der Waals surface area contributed by atoms with E-state index in [0.29, 0.717) is 30.1 Å². The molecule has 0 saturated heterocycles. The molecule has 0 radical (unpaired) electrons. The molecule has 1 unspecified atom stereocenters. The van der Waals surface area contributed by atoms with Crippen LogP contribution in [0.15, 0.2) is 52.9 Å².